The van der Waals surface area contributed by atoms with E-state index in [0.29, 0.717) is 0 Å². The van der Waals surface area contributed by atoms with Gasteiger partial charge in [-0.1, -0.05) is 17.7 Å². The number of hydrogen-bond acceptors (Lipinski definition) is 4. The van der Waals surface area contributed by atoms with Crippen LogP contribution in [0.25, 0.3) is 0 Å². The van der Waals surface area contributed by atoms with Crippen LogP contribution in [-0.2, 0) is 11.3 Å². The highest BCUT2D eigenvalue weighted by Crippen LogP contribution is 2.34. The van der Waals surface area contributed by atoms with Gasteiger partial charge >= 0.3 is 0 Å². The molecule has 1 amide bonds. The molecule has 0 saturated carbocycles. The molecule has 0 radical (unpaired) electrons. The van der Waals surface area contributed by atoms with Crippen LogP contribution in [-0.4, -0.2) is 49.2 Å². The van der Waals surface area contributed by atoms with Crippen molar-refractivity contribution in [3.63, 3.8) is 0 Å². The van der Waals surface area contributed by atoms with Gasteiger partial charge in [-0.15, -0.1) is 0 Å². The molecular formula is C24H27ClN4O. The largest absolute Gasteiger partial charge is 0.369 e. The number of carbonyl (C=O) groups excluding carboxylic acids is 1. The Bertz CT molecular complexity index is 993. The van der Waals surface area contributed by atoms with E-state index in [-0.39, 0.29) is 11.8 Å². The van der Waals surface area contributed by atoms with Crippen LogP contribution in [0, 0.1) is 12.8 Å². The van der Waals surface area contributed by atoms with Crippen molar-refractivity contribution in [2.45, 2.75) is 26.3 Å². The third kappa shape index (κ3) is 3.72. The first kappa shape index (κ1) is 19.6. The van der Waals surface area contributed by atoms with Crippen molar-refractivity contribution in [1.82, 2.24) is 4.90 Å². The highest BCUT2D eigenvalue weighted by Gasteiger charge is 2.34. The molecule has 2 aromatic rings. The molecule has 3 heterocycles. The summed E-state index contributed by atoms with van der Waals surface area (Å²) in [4.78, 5) is 22.2. The summed E-state index contributed by atoms with van der Waals surface area (Å²) in [5.74, 6) is 0.0332. The van der Waals surface area contributed by atoms with E-state index in [1.54, 1.807) is 0 Å². The zero-order valence-electron chi connectivity index (χ0n) is 17.3. The lowest BCUT2D eigenvalue weighted by molar-refractivity contribution is -0.118. The molecule has 30 heavy (non-hydrogen) atoms. The lowest BCUT2D eigenvalue weighted by atomic mass is 9.83. The fraction of sp³-hybridized carbons (Fsp3) is 0.417. The number of nitrogens with zero attached hydrogens (tertiary/aromatic N) is 3. The monoisotopic (exact) mass is 422 g/mol. The number of fused-ring (bicyclic) bond motifs is 3. The van der Waals surface area contributed by atoms with Gasteiger partial charge in [0.1, 0.15) is 0 Å². The van der Waals surface area contributed by atoms with Gasteiger partial charge in [0.2, 0.25) is 5.91 Å². The molecule has 1 unspecified atom stereocenters. The van der Waals surface area contributed by atoms with Gasteiger partial charge in [-0.2, -0.15) is 0 Å². The Labute approximate surface area is 182 Å². The van der Waals surface area contributed by atoms with E-state index in [9.17, 15) is 4.79 Å². The van der Waals surface area contributed by atoms with E-state index >= 15 is 0 Å². The van der Waals surface area contributed by atoms with Gasteiger partial charge in [-0.05, 0) is 61.2 Å². The number of amides is 1. The topological polar surface area (TPSA) is 47.9 Å². The van der Waals surface area contributed by atoms with Gasteiger partial charge in [0.05, 0.1) is 17.3 Å². The van der Waals surface area contributed by atoms with Gasteiger partial charge < -0.3 is 10.2 Å². The van der Waals surface area contributed by atoms with E-state index < -0.39 is 0 Å². The number of carbonyl (C=O) groups is 1. The number of anilines is 2. The summed E-state index contributed by atoms with van der Waals surface area (Å²) in [5.41, 5.74) is 6.78. The molecule has 5 rings (SSSR count). The zero-order chi connectivity index (χ0) is 20.7. The molecule has 3 aliphatic rings. The fourth-order valence-corrected chi connectivity index (χ4v) is 5.06. The number of piperazine rings is 1. The molecule has 0 spiro atoms. The second-order valence-corrected chi connectivity index (χ2v) is 8.96. The average molecular weight is 423 g/mol. The molecule has 1 saturated heterocycles. The highest BCUT2D eigenvalue weighted by molar-refractivity contribution is 6.30. The van der Waals surface area contributed by atoms with Crippen molar-refractivity contribution in [3.05, 3.63) is 58.1 Å². The summed E-state index contributed by atoms with van der Waals surface area (Å²) in [6.45, 7) is 7.90. The number of aryl methyl sites for hydroxylation is 1. The Kier molecular flexibility index (Phi) is 5.25. The first-order chi connectivity index (χ1) is 14.6. The molecule has 3 aliphatic heterocycles. The molecule has 0 aliphatic carbocycles. The lowest BCUT2D eigenvalue weighted by Crippen LogP contribution is -2.46. The minimum absolute atomic E-state index is 0.0725. The normalized spacial score (nSPS) is 21.5. The number of benzene rings is 2. The van der Waals surface area contributed by atoms with Crippen LogP contribution in [0.2, 0.25) is 5.02 Å². The number of halogens is 1. The van der Waals surface area contributed by atoms with Gasteiger partial charge in [-0.25, -0.2) is 0 Å². The minimum atomic E-state index is -0.0725. The maximum absolute atomic E-state index is 12.6. The quantitative estimate of drug-likeness (QED) is 0.809. The summed E-state index contributed by atoms with van der Waals surface area (Å²) in [6, 6.07) is 12.5. The number of aliphatic imine (C=N–C) groups is 1. The van der Waals surface area contributed by atoms with E-state index in [1.165, 1.54) is 16.8 Å². The van der Waals surface area contributed by atoms with Crippen molar-refractivity contribution in [3.8, 4) is 0 Å². The van der Waals surface area contributed by atoms with Crippen LogP contribution in [0.5, 0.6) is 0 Å². The summed E-state index contributed by atoms with van der Waals surface area (Å²) >= 11 is 6.01. The maximum Gasteiger partial charge on any atom is 0.233 e. The Hall–Kier alpha value is -2.37. The summed E-state index contributed by atoms with van der Waals surface area (Å²) in [7, 11) is 0. The molecule has 0 aromatic heterocycles. The molecular weight excluding hydrogens is 396 g/mol. The van der Waals surface area contributed by atoms with Crippen LogP contribution in [0.4, 0.5) is 11.4 Å². The highest BCUT2D eigenvalue weighted by atomic mass is 35.5. The predicted octanol–water partition coefficient (Wildman–Crippen LogP) is 4.12. The summed E-state index contributed by atoms with van der Waals surface area (Å²) in [6.07, 6.45) is 1.90. The van der Waals surface area contributed by atoms with Crippen LogP contribution in [0.15, 0.2) is 41.4 Å². The third-order valence-corrected chi connectivity index (χ3v) is 6.71. The van der Waals surface area contributed by atoms with E-state index in [0.717, 1.165) is 74.1 Å². The smallest absolute Gasteiger partial charge is 0.233 e. The maximum atomic E-state index is 12.6. The number of nitrogens with one attached hydrogen (secondary N) is 1. The van der Waals surface area contributed by atoms with Gasteiger partial charge in [0.25, 0.3) is 0 Å². The fourth-order valence-electron chi connectivity index (χ4n) is 4.94. The predicted molar refractivity (Wildman–Crippen MR) is 123 cm³/mol. The van der Waals surface area contributed by atoms with Crippen molar-refractivity contribution >= 4 is 34.6 Å². The van der Waals surface area contributed by atoms with Crippen LogP contribution in [0.1, 0.15) is 29.5 Å². The first-order valence-corrected chi connectivity index (χ1v) is 11.2. The molecule has 2 aromatic carbocycles. The van der Waals surface area contributed by atoms with Crippen LogP contribution < -0.4 is 10.2 Å². The van der Waals surface area contributed by atoms with Crippen molar-refractivity contribution in [2.24, 2.45) is 10.9 Å². The van der Waals surface area contributed by atoms with Crippen molar-refractivity contribution < 1.29 is 4.79 Å². The molecule has 1 fully saturated rings. The average Bonchev–Trinajstić information content (AvgIpc) is 2.75. The van der Waals surface area contributed by atoms with Gasteiger partial charge in [0, 0.05) is 55.5 Å². The van der Waals surface area contributed by atoms with Gasteiger partial charge in [0.15, 0.2) is 0 Å². The molecule has 1 atom stereocenters. The Morgan fingerprint density at radius 3 is 2.67 bits per heavy atom. The first-order valence-electron chi connectivity index (χ1n) is 10.8. The Morgan fingerprint density at radius 1 is 1.13 bits per heavy atom. The molecule has 1 N–H and O–H groups in total. The SMILES string of the molecule is Cc1cc(CN2CCN(c3ccc(Cl)cc3)CC2)cc2c1C1=NCCCC1C(=O)N2. The van der Waals surface area contributed by atoms with E-state index in [2.05, 4.69) is 46.3 Å². The van der Waals surface area contributed by atoms with Crippen molar-refractivity contribution in [1.29, 1.82) is 0 Å². The van der Waals surface area contributed by atoms with E-state index in [1.807, 2.05) is 12.1 Å². The summed E-state index contributed by atoms with van der Waals surface area (Å²) in [5, 5.41) is 3.93. The minimum Gasteiger partial charge on any atom is -0.369 e. The number of hydrogen-bond donors (Lipinski definition) is 1. The molecule has 5 nitrogen and oxygen atoms in total. The zero-order valence-corrected chi connectivity index (χ0v) is 18.1. The molecule has 0 bridgehead atoms. The Balaban J connectivity index is 1.29. The van der Waals surface area contributed by atoms with Crippen molar-refractivity contribution in [2.75, 3.05) is 42.9 Å². The molecule has 6 heteroatoms. The summed E-state index contributed by atoms with van der Waals surface area (Å²) < 4.78 is 0. The van der Waals surface area contributed by atoms with Gasteiger partial charge in [-0.3, -0.25) is 14.7 Å². The lowest BCUT2D eigenvalue weighted by Gasteiger charge is -2.36. The Morgan fingerprint density at radius 2 is 1.90 bits per heavy atom. The third-order valence-electron chi connectivity index (χ3n) is 6.46. The number of rotatable bonds is 3. The van der Waals surface area contributed by atoms with Crippen LogP contribution >= 0.6 is 11.6 Å². The standard InChI is InChI=1S/C24H27ClN4O/c1-16-13-17(14-21-22(16)23-20(24(30)27-21)3-2-8-26-23)15-28-9-11-29(12-10-28)19-6-4-18(25)5-7-19/h4-7,13-14,20H,2-3,8-12,15H2,1H3,(H,27,30). The second kappa shape index (κ2) is 8.05. The molecule has 156 valence electrons. The second-order valence-electron chi connectivity index (χ2n) is 8.53. The van der Waals surface area contributed by atoms with E-state index in [4.69, 9.17) is 16.6 Å². The van der Waals surface area contributed by atoms with Crippen LogP contribution in [0.3, 0.4) is 0 Å².